The van der Waals surface area contributed by atoms with Crippen molar-refractivity contribution in [2.24, 2.45) is 0 Å². The minimum atomic E-state index is -0.0356. The van der Waals surface area contributed by atoms with Gasteiger partial charge in [0.2, 0.25) is 0 Å². The molecule has 5 aliphatic carbocycles. The largest absolute Gasteiger partial charge is 0.375 e. The van der Waals surface area contributed by atoms with E-state index in [9.17, 15) is 4.39 Å². The Kier molecular flexibility index (Phi) is 28.2. The highest BCUT2D eigenvalue weighted by Crippen LogP contribution is 2.51. The second-order valence-electron chi connectivity index (χ2n) is 38.2. The van der Waals surface area contributed by atoms with Gasteiger partial charge in [0, 0.05) is 54.1 Å². The van der Waals surface area contributed by atoms with Gasteiger partial charge in [-0.15, -0.1) is 34.0 Å². The van der Waals surface area contributed by atoms with Crippen LogP contribution in [-0.4, -0.2) is 13.6 Å². The quantitative estimate of drug-likeness (QED) is 0.155. The predicted molar refractivity (Wildman–Crippen MR) is 440 cm³/mol. The van der Waals surface area contributed by atoms with E-state index in [4.69, 9.17) is 0 Å². The van der Waals surface area contributed by atoms with Crippen molar-refractivity contribution in [1.29, 1.82) is 0 Å². The first-order chi connectivity index (χ1) is 45.2. The molecular formula is C93H140FNS3. The van der Waals surface area contributed by atoms with E-state index in [1.807, 2.05) is 11.3 Å². The first kappa shape index (κ1) is 82.7. The number of aryl methyl sites for hydroxylation is 5. The van der Waals surface area contributed by atoms with Crippen molar-refractivity contribution in [3.05, 3.63) is 200 Å². The van der Waals surface area contributed by atoms with E-state index in [2.05, 4.69) is 319 Å². The van der Waals surface area contributed by atoms with Crippen LogP contribution in [0.25, 0.3) is 0 Å². The van der Waals surface area contributed by atoms with Gasteiger partial charge < -0.3 is 4.90 Å². The highest BCUT2D eigenvalue weighted by atomic mass is 32.1. The molecule has 0 N–H and O–H groups in total. The van der Waals surface area contributed by atoms with Crippen molar-refractivity contribution in [3.8, 4) is 0 Å². The number of anilines is 1. The number of nitrogens with zero attached hydrogens (tertiary/aromatic N) is 1. The van der Waals surface area contributed by atoms with Crippen LogP contribution in [0.2, 0.25) is 0 Å². The summed E-state index contributed by atoms with van der Waals surface area (Å²) < 4.78 is 14.0. The SMILES string of the molecule is CC(C)(C)c1cc2c(s1)CCCC2.CC(C)(C)c1cc2c(s1)CCCCC2.CC(C)(C)c1ccc(C(C)(C)C)cc1.CC(C)(C)c1ccc(C2(C)CC2)cc1.CC(C)(C)c1sc2c(c1F)CCCC2.CCC1(c2ccc(C(C)(C)C)cc2)CC1.CCN(C)c1ccc(C(C)(C)C)cc1. The minimum Gasteiger partial charge on any atom is -0.375 e. The monoisotopic (exact) mass is 1390 g/mol. The van der Waals surface area contributed by atoms with E-state index >= 15 is 0 Å². The molecule has 0 spiro atoms. The van der Waals surface area contributed by atoms with Crippen molar-refractivity contribution in [3.63, 3.8) is 0 Å². The zero-order valence-electron chi connectivity index (χ0n) is 67.9. The molecule has 5 aliphatic rings. The van der Waals surface area contributed by atoms with Crippen molar-refractivity contribution in [2.45, 2.75) is 357 Å². The van der Waals surface area contributed by atoms with Crippen molar-refractivity contribution in [1.82, 2.24) is 0 Å². The Morgan fingerprint density at radius 1 is 0.367 bits per heavy atom. The zero-order chi connectivity index (χ0) is 73.3. The summed E-state index contributed by atoms with van der Waals surface area (Å²) in [5.74, 6) is 0.0946. The van der Waals surface area contributed by atoms with Crippen LogP contribution in [0.5, 0.6) is 0 Å². The standard InChI is InChI=1S/C15H22.C14H20.C14H22.C13H21N.C13H20S.C12H17FS.C12H18S/c1-5-15(10-11-15)13-8-6-12(7-9-13)14(2,3)4;1-13(2,3)11-5-7-12(8-6-11)14(4)9-10-14;1-13(2,3)11-7-9-12(10-8-11)14(4,5)6;1-6-14(5)12-9-7-11(8-10-12)13(2,3)4;1-13(2,3)12-9-10-7-5-4-6-8-11(10)14-12;1-12(2,3)11-10(13)8-6-4-5-7-9(8)14-11;1-12(2,3)11-8-9-6-4-5-7-10(9)13-11/h6-9H,5,10-11H2,1-4H3;5-8H,9-10H2,1-4H3;7-10H,1-6H3;7-10H,6H2,1-5H3;9H,4-8H2,1-3H3;4-7H2,1-3H3;8H,4-7H2,1-3H3. The molecule has 2 fully saturated rings. The predicted octanol–water partition coefficient (Wildman–Crippen LogP) is 28.5. The average molecular weight is 1390 g/mol. The molecule has 542 valence electrons. The van der Waals surface area contributed by atoms with Gasteiger partial charge in [-0.3, -0.25) is 0 Å². The molecule has 0 radical (unpaired) electrons. The van der Waals surface area contributed by atoms with E-state index < -0.39 is 0 Å². The number of rotatable bonds is 5. The fourth-order valence-corrected chi connectivity index (χ4v) is 16.9. The Balaban J connectivity index is 0.000000180. The van der Waals surface area contributed by atoms with Gasteiger partial charge in [0.25, 0.3) is 0 Å². The van der Waals surface area contributed by atoms with Crippen molar-refractivity contribution >= 4 is 39.7 Å². The van der Waals surface area contributed by atoms with Gasteiger partial charge in [-0.05, 0) is 245 Å². The number of hydrogen-bond donors (Lipinski definition) is 0. The summed E-state index contributed by atoms with van der Waals surface area (Å²) in [7, 11) is 2.12. The number of thiophene rings is 3. The van der Waals surface area contributed by atoms with Gasteiger partial charge in [0.05, 0.1) is 0 Å². The van der Waals surface area contributed by atoms with E-state index in [1.54, 1.807) is 47.5 Å². The van der Waals surface area contributed by atoms with Crippen LogP contribution in [0.4, 0.5) is 10.1 Å². The maximum absolute atomic E-state index is 14.0. The Morgan fingerprint density at radius 3 is 1.02 bits per heavy atom. The van der Waals surface area contributed by atoms with Crippen LogP contribution < -0.4 is 4.90 Å². The lowest BCUT2D eigenvalue weighted by atomic mass is 9.82. The molecule has 5 heteroatoms. The fourth-order valence-electron chi connectivity index (χ4n) is 12.9. The summed E-state index contributed by atoms with van der Waals surface area (Å²) in [4.78, 5) is 11.0. The molecule has 0 unspecified atom stereocenters. The summed E-state index contributed by atoms with van der Waals surface area (Å²) in [6, 6.07) is 41.3. The number of fused-ring (bicyclic) bond motifs is 3. The molecule has 3 heterocycles. The molecule has 7 aromatic rings. The molecule has 98 heavy (non-hydrogen) atoms. The molecule has 0 saturated heterocycles. The van der Waals surface area contributed by atoms with Crippen LogP contribution in [-0.2, 0) is 92.7 Å². The van der Waals surface area contributed by atoms with E-state index in [1.165, 1.54) is 140 Å². The van der Waals surface area contributed by atoms with Gasteiger partial charge in [0.1, 0.15) is 5.82 Å². The zero-order valence-corrected chi connectivity index (χ0v) is 70.3. The van der Waals surface area contributed by atoms with E-state index in [-0.39, 0.29) is 38.3 Å². The van der Waals surface area contributed by atoms with Gasteiger partial charge in [-0.25, -0.2) is 4.39 Å². The number of hydrogen-bond acceptors (Lipinski definition) is 4. The summed E-state index contributed by atoms with van der Waals surface area (Å²) in [5.41, 5.74) is 18.8. The van der Waals surface area contributed by atoms with Crippen LogP contribution in [0.15, 0.2) is 109 Å². The molecule has 2 saturated carbocycles. The van der Waals surface area contributed by atoms with Gasteiger partial charge in [0.15, 0.2) is 0 Å². The smallest absolute Gasteiger partial charge is 0.141 e. The summed E-state index contributed by atoms with van der Waals surface area (Å²) in [6.45, 7) is 61.9. The summed E-state index contributed by atoms with van der Waals surface area (Å²) in [6.07, 6.45) is 23.5. The number of benzene rings is 4. The molecule has 4 aromatic carbocycles. The third kappa shape index (κ3) is 24.2. The van der Waals surface area contributed by atoms with Crippen molar-refractivity contribution in [2.75, 3.05) is 18.5 Å². The molecule has 0 aliphatic heterocycles. The second-order valence-corrected chi connectivity index (χ2v) is 41.6. The molecule has 3 aromatic heterocycles. The molecule has 0 amide bonds. The maximum Gasteiger partial charge on any atom is 0.141 e. The molecular weight excluding hydrogens is 1250 g/mol. The third-order valence-electron chi connectivity index (χ3n) is 21.1. The lowest BCUT2D eigenvalue weighted by Gasteiger charge is -2.23. The maximum atomic E-state index is 14.0. The Bertz CT molecular complexity index is 3360. The first-order valence-electron chi connectivity index (χ1n) is 38.4. The fraction of sp³-hybridized carbons (Fsp3) is 0.613. The molecule has 12 rings (SSSR count). The van der Waals surface area contributed by atoms with Gasteiger partial charge >= 0.3 is 0 Å². The lowest BCUT2D eigenvalue weighted by Crippen LogP contribution is -2.16. The van der Waals surface area contributed by atoms with Gasteiger partial charge in [-0.1, -0.05) is 271 Å². The second kappa shape index (κ2) is 33.4. The molecule has 1 nitrogen and oxygen atoms in total. The lowest BCUT2D eigenvalue weighted by molar-refractivity contribution is 0.524. The van der Waals surface area contributed by atoms with Crippen molar-refractivity contribution < 1.29 is 4.39 Å². The Hall–Kier alpha value is -4.29. The molecule has 0 bridgehead atoms. The van der Waals surface area contributed by atoms with E-state index in [0.29, 0.717) is 21.7 Å². The van der Waals surface area contributed by atoms with Crippen LogP contribution >= 0.6 is 34.0 Å². The molecule has 0 atom stereocenters. The summed E-state index contributed by atoms with van der Waals surface area (Å²) >= 11 is 5.79. The van der Waals surface area contributed by atoms with Crippen LogP contribution in [0.1, 0.15) is 349 Å². The Morgan fingerprint density at radius 2 is 0.694 bits per heavy atom. The summed E-state index contributed by atoms with van der Waals surface area (Å²) in [5, 5.41) is 0. The first-order valence-corrected chi connectivity index (χ1v) is 40.8. The van der Waals surface area contributed by atoms with E-state index in [0.717, 1.165) is 36.2 Å². The third-order valence-corrected chi connectivity index (χ3v) is 26.1. The van der Waals surface area contributed by atoms with Crippen LogP contribution in [0.3, 0.4) is 0 Å². The number of halogens is 1. The normalized spacial score (nSPS) is 16.4. The highest BCUT2D eigenvalue weighted by Gasteiger charge is 2.42. The van der Waals surface area contributed by atoms with Gasteiger partial charge in [-0.2, -0.15) is 0 Å². The average Bonchev–Trinajstić information content (AvgIpc) is 1.63. The Labute approximate surface area is 614 Å². The highest BCUT2D eigenvalue weighted by molar-refractivity contribution is 7.13. The minimum absolute atomic E-state index is 0.0356. The van der Waals surface area contributed by atoms with Crippen LogP contribution in [0, 0.1) is 5.82 Å². The topological polar surface area (TPSA) is 3.24 Å².